The second kappa shape index (κ2) is 8.67. The fraction of sp³-hybridized carbons (Fsp3) is 0.261. The van der Waals surface area contributed by atoms with Crippen LogP contribution in [0.1, 0.15) is 29.3 Å². The molecule has 0 spiro atoms. The number of aromatic nitrogens is 1. The van der Waals surface area contributed by atoms with E-state index >= 15 is 0 Å². The number of benzene rings is 2. The minimum absolute atomic E-state index is 0.301. The van der Waals surface area contributed by atoms with Crippen molar-refractivity contribution in [1.82, 2.24) is 14.8 Å². The van der Waals surface area contributed by atoms with E-state index in [0.717, 1.165) is 23.0 Å². The molecule has 4 rings (SSSR count). The number of nitrogens with one attached hydrogen (secondary N) is 1. The molecule has 2 aromatic carbocycles. The number of carbonyl (C=O) groups excluding carboxylic acids is 1. The van der Waals surface area contributed by atoms with Crippen LogP contribution in [-0.4, -0.2) is 35.8 Å². The van der Waals surface area contributed by atoms with Crippen molar-refractivity contribution < 1.29 is 18.3 Å². The van der Waals surface area contributed by atoms with E-state index in [1.54, 1.807) is 12.0 Å². The van der Waals surface area contributed by atoms with Crippen LogP contribution >= 0.6 is 0 Å². The van der Waals surface area contributed by atoms with Crippen molar-refractivity contribution in [3.05, 3.63) is 89.2 Å². The maximum atomic E-state index is 14.1. The van der Waals surface area contributed by atoms with E-state index in [1.165, 1.54) is 12.1 Å². The minimum Gasteiger partial charge on any atom is -0.385 e. The summed E-state index contributed by atoms with van der Waals surface area (Å²) in [5, 5.41) is 2.91. The lowest BCUT2D eigenvalue weighted by Crippen LogP contribution is -2.42. The lowest BCUT2D eigenvalue weighted by Gasteiger charge is -2.31. The Bertz CT molecular complexity index is 1030. The number of ether oxygens (including phenoxy) is 1. The van der Waals surface area contributed by atoms with Gasteiger partial charge in [0.25, 0.3) is 0 Å². The van der Waals surface area contributed by atoms with E-state index < -0.39 is 17.7 Å². The number of urea groups is 1. The van der Waals surface area contributed by atoms with Gasteiger partial charge in [0.05, 0.1) is 18.3 Å². The molecule has 7 heteroatoms. The average Bonchev–Trinajstić information content (AvgIpc) is 3.14. The first-order valence-corrected chi connectivity index (χ1v) is 9.83. The number of carbonyl (C=O) groups is 1. The van der Waals surface area contributed by atoms with E-state index in [-0.39, 0.29) is 6.03 Å². The second-order valence-electron chi connectivity index (χ2n) is 7.24. The monoisotopic (exact) mass is 411 g/mol. The number of nitrogens with zero attached hydrogens (tertiary/aromatic N) is 2. The van der Waals surface area contributed by atoms with E-state index in [0.29, 0.717) is 31.7 Å². The highest BCUT2D eigenvalue weighted by Crippen LogP contribution is 2.37. The van der Waals surface area contributed by atoms with Gasteiger partial charge in [-0.1, -0.05) is 18.2 Å². The highest BCUT2D eigenvalue weighted by atomic mass is 19.1. The summed E-state index contributed by atoms with van der Waals surface area (Å²) < 4.78 is 35.2. The molecule has 5 nitrogen and oxygen atoms in total. The smallest absolute Gasteiger partial charge is 0.318 e. The number of rotatable bonds is 5. The molecule has 1 N–H and O–H groups in total. The Balaban J connectivity index is 1.80. The number of hydrogen-bond donors (Lipinski definition) is 1. The topological polar surface area (TPSA) is 46.5 Å². The fourth-order valence-electron chi connectivity index (χ4n) is 3.94. The van der Waals surface area contributed by atoms with Crippen molar-refractivity contribution in [2.24, 2.45) is 0 Å². The lowest BCUT2D eigenvalue weighted by molar-refractivity contribution is 0.174. The van der Waals surface area contributed by atoms with E-state index in [9.17, 15) is 13.6 Å². The number of methoxy groups -OCH3 is 1. The van der Waals surface area contributed by atoms with Gasteiger partial charge in [-0.15, -0.1) is 0 Å². The number of hydrogen-bond acceptors (Lipinski definition) is 2. The van der Waals surface area contributed by atoms with Gasteiger partial charge in [0.1, 0.15) is 11.6 Å². The third-order valence-corrected chi connectivity index (χ3v) is 5.23. The fourth-order valence-corrected chi connectivity index (χ4v) is 3.94. The first kappa shape index (κ1) is 20.1. The molecule has 0 bridgehead atoms. The predicted octanol–water partition coefficient (Wildman–Crippen LogP) is 4.41. The van der Waals surface area contributed by atoms with Gasteiger partial charge in [-0.2, -0.15) is 0 Å². The zero-order valence-corrected chi connectivity index (χ0v) is 16.6. The molecule has 0 fully saturated rings. The number of amides is 2. The molecular formula is C23H23F2N3O2. The van der Waals surface area contributed by atoms with Crippen molar-refractivity contribution in [3.63, 3.8) is 0 Å². The summed E-state index contributed by atoms with van der Waals surface area (Å²) in [6.07, 6.45) is 2.57. The molecule has 0 aliphatic carbocycles. The zero-order valence-electron chi connectivity index (χ0n) is 16.6. The maximum Gasteiger partial charge on any atom is 0.318 e. The van der Waals surface area contributed by atoms with Gasteiger partial charge in [-0.3, -0.25) is 0 Å². The van der Waals surface area contributed by atoms with Gasteiger partial charge in [-0.25, -0.2) is 13.6 Å². The number of para-hydroxylation sites is 1. The average molecular weight is 411 g/mol. The van der Waals surface area contributed by atoms with Gasteiger partial charge >= 0.3 is 6.03 Å². The quantitative estimate of drug-likeness (QED) is 0.633. The van der Waals surface area contributed by atoms with Gasteiger partial charge in [0.2, 0.25) is 0 Å². The van der Waals surface area contributed by atoms with E-state index in [2.05, 4.69) is 5.32 Å². The molecule has 1 aliphatic heterocycles. The first-order chi connectivity index (χ1) is 14.6. The number of fused-ring (bicyclic) bond motifs is 3. The maximum absolute atomic E-state index is 14.1. The van der Waals surface area contributed by atoms with Crippen LogP contribution in [-0.2, 0) is 11.3 Å². The Morgan fingerprint density at radius 1 is 1.13 bits per heavy atom. The van der Waals surface area contributed by atoms with Crippen molar-refractivity contribution in [2.75, 3.05) is 20.3 Å². The molecule has 0 saturated carbocycles. The summed E-state index contributed by atoms with van der Waals surface area (Å²) in [6.45, 7) is 1.28. The summed E-state index contributed by atoms with van der Waals surface area (Å²) >= 11 is 0. The van der Waals surface area contributed by atoms with Crippen molar-refractivity contribution in [3.8, 4) is 5.69 Å². The van der Waals surface area contributed by atoms with Crippen LogP contribution in [0.5, 0.6) is 0 Å². The third kappa shape index (κ3) is 3.93. The van der Waals surface area contributed by atoms with Crippen molar-refractivity contribution >= 4 is 6.03 Å². The van der Waals surface area contributed by atoms with Crippen LogP contribution in [0.2, 0.25) is 0 Å². The molecule has 30 heavy (non-hydrogen) atoms. The Morgan fingerprint density at radius 3 is 2.67 bits per heavy atom. The molecule has 156 valence electrons. The molecular weight excluding hydrogens is 388 g/mol. The molecule has 3 aromatic rings. The Kier molecular flexibility index (Phi) is 5.81. The first-order valence-electron chi connectivity index (χ1n) is 9.83. The zero-order chi connectivity index (χ0) is 21.1. The van der Waals surface area contributed by atoms with Crippen LogP contribution in [0, 0.1) is 11.6 Å². The highest BCUT2D eigenvalue weighted by molar-refractivity contribution is 5.76. The molecule has 1 aliphatic rings. The summed E-state index contributed by atoms with van der Waals surface area (Å²) in [5.41, 5.74) is 3.03. The van der Waals surface area contributed by atoms with Crippen LogP contribution in [0.3, 0.4) is 0 Å². The van der Waals surface area contributed by atoms with Gasteiger partial charge < -0.3 is 19.5 Å². The summed E-state index contributed by atoms with van der Waals surface area (Å²) in [5.74, 6) is -1.35. The highest BCUT2D eigenvalue weighted by Gasteiger charge is 2.33. The van der Waals surface area contributed by atoms with Crippen LogP contribution in [0.4, 0.5) is 13.6 Å². The third-order valence-electron chi connectivity index (χ3n) is 5.23. The Morgan fingerprint density at radius 2 is 1.90 bits per heavy atom. The summed E-state index contributed by atoms with van der Waals surface area (Å²) in [6, 6.07) is 14.0. The SMILES string of the molecule is COCCCNC(=O)N1Cc2ccccc2-n2cccc2[C@@H]1c1cc(F)cc(F)c1. The molecule has 1 aromatic heterocycles. The van der Waals surface area contributed by atoms with E-state index in [4.69, 9.17) is 4.74 Å². The lowest BCUT2D eigenvalue weighted by atomic mass is 10.0. The van der Waals surface area contributed by atoms with E-state index in [1.807, 2.05) is 47.2 Å². The number of halogens is 2. The Labute approximate surface area is 173 Å². The molecule has 2 heterocycles. The van der Waals surface area contributed by atoms with Crippen molar-refractivity contribution in [1.29, 1.82) is 0 Å². The van der Waals surface area contributed by atoms with Crippen molar-refractivity contribution in [2.45, 2.75) is 19.0 Å². The molecule has 0 unspecified atom stereocenters. The van der Waals surface area contributed by atoms with Crippen LogP contribution < -0.4 is 5.32 Å². The summed E-state index contributed by atoms with van der Waals surface area (Å²) in [4.78, 5) is 14.8. The minimum atomic E-state index is -0.676. The van der Waals surface area contributed by atoms with Gasteiger partial charge in [0, 0.05) is 38.2 Å². The van der Waals surface area contributed by atoms with Gasteiger partial charge in [-0.05, 0) is 47.9 Å². The normalized spacial score (nSPS) is 15.3. The predicted molar refractivity (Wildman–Crippen MR) is 109 cm³/mol. The second-order valence-corrected chi connectivity index (χ2v) is 7.24. The largest absolute Gasteiger partial charge is 0.385 e. The summed E-state index contributed by atoms with van der Waals surface area (Å²) in [7, 11) is 1.61. The Hall–Kier alpha value is -3.19. The molecule has 1 atom stereocenters. The molecule has 2 amide bonds. The van der Waals surface area contributed by atoms with Crippen LogP contribution in [0.25, 0.3) is 5.69 Å². The standard InChI is InChI=1S/C23H23F2N3O2/c1-30-11-5-9-26-23(29)28-15-16-6-2-3-7-20(16)27-10-4-8-21(27)22(28)17-12-18(24)14-19(25)13-17/h2-4,6-8,10,12-14,22H,5,9,11,15H2,1H3,(H,26,29)/t22-/m0/s1. The molecule has 0 saturated heterocycles. The van der Waals surface area contributed by atoms with Gasteiger partial charge in [0.15, 0.2) is 0 Å². The van der Waals surface area contributed by atoms with Crippen LogP contribution in [0.15, 0.2) is 60.8 Å². The molecule has 0 radical (unpaired) electrons.